The van der Waals surface area contributed by atoms with E-state index >= 15 is 0 Å². The zero-order valence-corrected chi connectivity index (χ0v) is 24.4. The van der Waals surface area contributed by atoms with Crippen LogP contribution in [0.25, 0.3) is 11.2 Å². The summed E-state index contributed by atoms with van der Waals surface area (Å²) in [6, 6.07) is 4.22. The highest BCUT2D eigenvalue weighted by Crippen LogP contribution is 2.37. The largest absolute Gasteiger partial charge is 0.380 e. The lowest BCUT2D eigenvalue weighted by Crippen LogP contribution is -2.33. The zero-order valence-electron chi connectivity index (χ0n) is 24.4. The number of piperidine rings is 1. The number of benzene rings is 1. The van der Waals surface area contributed by atoms with Gasteiger partial charge in [-0.25, -0.2) is 18.7 Å². The van der Waals surface area contributed by atoms with Crippen LogP contribution in [0, 0.1) is 17.6 Å². The van der Waals surface area contributed by atoms with Gasteiger partial charge in [0.05, 0.1) is 18.5 Å². The van der Waals surface area contributed by atoms with Crippen LogP contribution >= 0.6 is 0 Å². The normalized spacial score (nSPS) is 25.5. The van der Waals surface area contributed by atoms with Crippen molar-refractivity contribution in [3.63, 3.8) is 0 Å². The molecule has 6 rings (SSSR count). The lowest BCUT2D eigenvalue weighted by molar-refractivity contribution is 0.0587. The van der Waals surface area contributed by atoms with Gasteiger partial charge in [-0.05, 0) is 95.3 Å². The van der Waals surface area contributed by atoms with Crippen molar-refractivity contribution < 1.29 is 13.5 Å². The first-order chi connectivity index (χ1) is 20.5. The van der Waals surface area contributed by atoms with Crippen LogP contribution in [0.15, 0.2) is 24.4 Å². The van der Waals surface area contributed by atoms with Gasteiger partial charge in [-0.3, -0.25) is 4.57 Å². The molecule has 2 saturated carbocycles. The highest BCUT2D eigenvalue weighted by Gasteiger charge is 2.28. The minimum absolute atomic E-state index is 0.140. The van der Waals surface area contributed by atoms with Gasteiger partial charge >= 0.3 is 0 Å². The molecule has 228 valence electrons. The van der Waals surface area contributed by atoms with E-state index in [-0.39, 0.29) is 23.8 Å². The summed E-state index contributed by atoms with van der Waals surface area (Å²) in [5, 5.41) is 6.62. The predicted molar refractivity (Wildman–Crippen MR) is 161 cm³/mol. The van der Waals surface area contributed by atoms with Gasteiger partial charge in [-0.1, -0.05) is 6.42 Å². The molecule has 9 nitrogen and oxygen atoms in total. The molecule has 0 unspecified atom stereocenters. The van der Waals surface area contributed by atoms with E-state index in [2.05, 4.69) is 25.1 Å². The Kier molecular flexibility index (Phi) is 9.46. The van der Waals surface area contributed by atoms with Crippen LogP contribution in [0.2, 0.25) is 0 Å². The van der Waals surface area contributed by atoms with Crippen molar-refractivity contribution in [1.82, 2.24) is 24.4 Å². The van der Waals surface area contributed by atoms with E-state index in [1.807, 2.05) is 0 Å². The molecule has 4 N–H and O–H groups in total. The molecule has 1 saturated heterocycles. The van der Waals surface area contributed by atoms with Crippen LogP contribution in [0.5, 0.6) is 0 Å². The van der Waals surface area contributed by atoms with E-state index < -0.39 is 11.6 Å². The number of ether oxygens (including phenoxy) is 1. The predicted octanol–water partition coefficient (Wildman–Crippen LogP) is 5.76. The molecule has 0 amide bonds. The fourth-order valence-electron chi connectivity index (χ4n) is 6.75. The maximum Gasteiger partial charge on any atom is 0.224 e. The second-order valence-electron chi connectivity index (χ2n) is 12.4. The number of fused-ring (bicyclic) bond motifs is 1. The van der Waals surface area contributed by atoms with Crippen molar-refractivity contribution in [1.29, 1.82) is 0 Å². The Morgan fingerprint density at radius 1 is 0.952 bits per heavy atom. The SMILES string of the molecule is N[C@H]1CC[C@H](Nc2ncc3nc(Nc4ccc(F)cc4F)n([C@H]4CC[C@@H](COCCN5CCCCC5)CC4)c3n2)CC1. The number of halogens is 2. The maximum absolute atomic E-state index is 14.6. The molecule has 2 aliphatic carbocycles. The number of aromatic nitrogens is 4. The molecule has 3 fully saturated rings. The summed E-state index contributed by atoms with van der Waals surface area (Å²) in [5.41, 5.74) is 7.62. The van der Waals surface area contributed by atoms with Crippen LogP contribution in [0.3, 0.4) is 0 Å². The van der Waals surface area contributed by atoms with E-state index in [4.69, 9.17) is 20.4 Å². The van der Waals surface area contributed by atoms with Crippen LogP contribution in [-0.4, -0.2) is 69.4 Å². The molecular weight excluding hydrogens is 538 g/mol. The Bertz CT molecular complexity index is 1310. The summed E-state index contributed by atoms with van der Waals surface area (Å²) >= 11 is 0. The summed E-state index contributed by atoms with van der Waals surface area (Å²) in [5.74, 6) is 0.301. The highest BCUT2D eigenvalue weighted by atomic mass is 19.1. The number of likely N-dealkylation sites (tertiary alicyclic amines) is 1. The molecule has 0 bridgehead atoms. The van der Waals surface area contributed by atoms with E-state index in [1.54, 1.807) is 6.20 Å². The number of imidazole rings is 1. The number of rotatable bonds is 10. The summed E-state index contributed by atoms with van der Waals surface area (Å²) in [7, 11) is 0. The summed E-state index contributed by atoms with van der Waals surface area (Å²) in [6.45, 7) is 5.00. The fourth-order valence-corrected chi connectivity index (χ4v) is 6.75. The lowest BCUT2D eigenvalue weighted by Gasteiger charge is -2.31. The van der Waals surface area contributed by atoms with Gasteiger partial charge < -0.3 is 26.0 Å². The van der Waals surface area contributed by atoms with E-state index in [0.717, 1.165) is 77.2 Å². The number of nitrogens with zero attached hydrogens (tertiary/aromatic N) is 5. The average Bonchev–Trinajstić information content (AvgIpc) is 3.36. The number of nitrogens with one attached hydrogen (secondary N) is 2. The molecule has 2 aromatic heterocycles. The molecule has 1 aliphatic heterocycles. The maximum atomic E-state index is 14.6. The van der Waals surface area contributed by atoms with Crippen molar-refractivity contribution in [3.05, 3.63) is 36.0 Å². The van der Waals surface area contributed by atoms with Crippen molar-refractivity contribution in [3.8, 4) is 0 Å². The van der Waals surface area contributed by atoms with Crippen molar-refractivity contribution in [2.45, 2.75) is 88.8 Å². The van der Waals surface area contributed by atoms with Gasteiger partial charge in [0.15, 0.2) is 5.65 Å². The standard InChI is InChI=1S/C31H44F2N8O/c32-22-6-13-27(26(33)18-22)37-31-38-28-19-35-30(36-24-9-7-23(34)8-10-24)39-29(28)41(31)25-11-4-21(5-12-25)20-42-17-16-40-14-2-1-3-15-40/h6,13,18-19,21,23-25H,1-5,7-12,14-17,20,34H2,(H,37,38)(H,35,36,39)/t21-,23-,24-,25+. The molecule has 11 heteroatoms. The summed E-state index contributed by atoms with van der Waals surface area (Å²) in [4.78, 5) is 16.7. The molecule has 3 aliphatic rings. The number of nitrogens with two attached hydrogens (primary N) is 1. The van der Waals surface area contributed by atoms with Crippen molar-refractivity contribution >= 4 is 28.7 Å². The van der Waals surface area contributed by atoms with Gasteiger partial charge in [-0.2, -0.15) is 4.98 Å². The minimum atomic E-state index is -0.664. The second kappa shape index (κ2) is 13.6. The Morgan fingerprint density at radius 3 is 2.50 bits per heavy atom. The molecule has 3 aromatic rings. The number of hydrogen-bond acceptors (Lipinski definition) is 8. The third-order valence-corrected chi connectivity index (χ3v) is 9.25. The van der Waals surface area contributed by atoms with Crippen LogP contribution in [0.1, 0.15) is 76.7 Å². The van der Waals surface area contributed by atoms with Crippen LogP contribution in [-0.2, 0) is 4.74 Å². The first-order valence-corrected chi connectivity index (χ1v) is 15.8. The highest BCUT2D eigenvalue weighted by molar-refractivity contribution is 5.76. The molecule has 42 heavy (non-hydrogen) atoms. The molecule has 1 aromatic carbocycles. The molecule has 0 spiro atoms. The lowest BCUT2D eigenvalue weighted by atomic mass is 9.86. The third kappa shape index (κ3) is 7.18. The Morgan fingerprint density at radius 2 is 1.74 bits per heavy atom. The smallest absolute Gasteiger partial charge is 0.224 e. The van der Waals surface area contributed by atoms with Gasteiger partial charge in [0.2, 0.25) is 11.9 Å². The topological polar surface area (TPSA) is 106 Å². The first kappa shape index (κ1) is 29.2. The Labute approximate surface area is 246 Å². The number of hydrogen-bond donors (Lipinski definition) is 3. The van der Waals surface area contributed by atoms with Gasteiger partial charge in [0.1, 0.15) is 17.2 Å². The zero-order chi connectivity index (χ0) is 28.9. The van der Waals surface area contributed by atoms with Gasteiger partial charge in [0.25, 0.3) is 0 Å². The molecule has 0 atom stereocenters. The summed E-state index contributed by atoms with van der Waals surface area (Å²) in [6.07, 6.45) is 13.6. The second-order valence-corrected chi connectivity index (χ2v) is 12.4. The Balaban J connectivity index is 1.16. The fraction of sp³-hybridized carbons (Fsp3) is 0.645. The van der Waals surface area contributed by atoms with E-state index in [0.29, 0.717) is 29.0 Å². The van der Waals surface area contributed by atoms with Gasteiger partial charge in [0, 0.05) is 37.3 Å². The van der Waals surface area contributed by atoms with Crippen molar-refractivity contribution in [2.75, 3.05) is 43.5 Å². The average molecular weight is 583 g/mol. The van der Waals surface area contributed by atoms with Crippen LogP contribution in [0.4, 0.5) is 26.4 Å². The summed E-state index contributed by atoms with van der Waals surface area (Å²) < 4.78 is 36.4. The monoisotopic (exact) mass is 582 g/mol. The molecule has 0 radical (unpaired) electrons. The van der Waals surface area contributed by atoms with Gasteiger partial charge in [-0.15, -0.1) is 0 Å². The number of anilines is 3. The Hall–Kier alpha value is -2.89. The van der Waals surface area contributed by atoms with Crippen LogP contribution < -0.4 is 16.4 Å². The quantitative estimate of drug-likeness (QED) is 0.259. The van der Waals surface area contributed by atoms with E-state index in [1.165, 1.54) is 44.5 Å². The molecule has 3 heterocycles. The van der Waals surface area contributed by atoms with E-state index in [9.17, 15) is 8.78 Å². The first-order valence-electron chi connectivity index (χ1n) is 15.8. The third-order valence-electron chi connectivity index (χ3n) is 9.25. The minimum Gasteiger partial charge on any atom is -0.380 e. The molecular formula is C31H44F2N8O. The van der Waals surface area contributed by atoms with Crippen molar-refractivity contribution in [2.24, 2.45) is 11.7 Å².